The Labute approximate surface area is 56.5 Å². The Kier molecular flexibility index (Phi) is 2.55. The van der Waals surface area contributed by atoms with E-state index in [1.165, 1.54) is 6.32 Å². The highest BCUT2D eigenvalue weighted by atomic mass is 16.6. The highest BCUT2D eigenvalue weighted by Crippen LogP contribution is 2.12. The number of rotatable bonds is 0. The van der Waals surface area contributed by atoms with E-state index in [4.69, 9.17) is 9.84 Å². The van der Waals surface area contributed by atoms with Crippen molar-refractivity contribution in [3.63, 3.8) is 0 Å². The summed E-state index contributed by atoms with van der Waals surface area (Å²) >= 11 is 0. The molecule has 1 N–H and O–H groups in total. The van der Waals surface area contributed by atoms with E-state index < -0.39 is 6.29 Å². The molecule has 0 amide bonds. The average molecular weight is 128 g/mol. The fraction of sp³-hybridized carbons (Fsp3) is 1.00. The summed E-state index contributed by atoms with van der Waals surface area (Å²) < 4.78 is 5.17. The van der Waals surface area contributed by atoms with Crippen LogP contribution in [0.1, 0.15) is 13.3 Å². The molecule has 2 nitrogen and oxygen atoms in total. The standard InChI is InChI=1S/C6H13BO2/c1-5-2-3-7-4-6(8)9-5/h5-8H,2-4H2,1H3. The van der Waals surface area contributed by atoms with Gasteiger partial charge in [0.1, 0.15) is 13.6 Å². The van der Waals surface area contributed by atoms with Gasteiger partial charge in [-0.1, -0.05) is 6.32 Å². The predicted molar refractivity (Wildman–Crippen MR) is 37.9 cm³/mol. The summed E-state index contributed by atoms with van der Waals surface area (Å²) in [5.41, 5.74) is 0. The third-order valence-electron chi connectivity index (χ3n) is 1.70. The first-order chi connectivity index (χ1) is 4.29. The summed E-state index contributed by atoms with van der Waals surface area (Å²) in [7, 11) is 1.10. The van der Waals surface area contributed by atoms with Gasteiger partial charge in [-0.25, -0.2) is 0 Å². The number of hydrogen-bond acceptors (Lipinski definition) is 2. The van der Waals surface area contributed by atoms with Crippen LogP contribution in [-0.4, -0.2) is 24.8 Å². The van der Waals surface area contributed by atoms with E-state index >= 15 is 0 Å². The second kappa shape index (κ2) is 3.23. The predicted octanol–water partition coefficient (Wildman–Crippen LogP) is 0.387. The van der Waals surface area contributed by atoms with Crippen LogP contribution in [0.5, 0.6) is 0 Å². The molecule has 1 saturated heterocycles. The largest absolute Gasteiger partial charge is 0.369 e. The van der Waals surface area contributed by atoms with Crippen LogP contribution in [0.3, 0.4) is 0 Å². The smallest absolute Gasteiger partial charge is 0.148 e. The summed E-state index contributed by atoms with van der Waals surface area (Å²) in [6.07, 6.45) is 2.85. The Morgan fingerprint density at radius 3 is 3.22 bits per heavy atom. The van der Waals surface area contributed by atoms with Crippen LogP contribution in [0.15, 0.2) is 0 Å². The quantitative estimate of drug-likeness (QED) is 0.478. The first-order valence-electron chi connectivity index (χ1n) is 3.62. The fourth-order valence-corrected chi connectivity index (χ4v) is 1.15. The van der Waals surface area contributed by atoms with Crippen LogP contribution in [0.25, 0.3) is 0 Å². The molecule has 0 spiro atoms. The van der Waals surface area contributed by atoms with Crippen LogP contribution in [0.4, 0.5) is 0 Å². The molecular weight excluding hydrogens is 115 g/mol. The summed E-state index contributed by atoms with van der Waals surface area (Å²) in [4.78, 5) is 0. The SMILES string of the molecule is CC1CCBCC(O)O1. The lowest BCUT2D eigenvalue weighted by atomic mass is 9.70. The zero-order valence-electron chi connectivity index (χ0n) is 5.84. The van der Waals surface area contributed by atoms with Gasteiger partial charge in [-0.05, 0) is 19.7 Å². The van der Waals surface area contributed by atoms with Gasteiger partial charge in [0, 0.05) is 0 Å². The van der Waals surface area contributed by atoms with Gasteiger partial charge in [0.05, 0.1) is 6.10 Å². The first-order valence-corrected chi connectivity index (χ1v) is 3.62. The number of ether oxygens (including phenoxy) is 1. The molecule has 1 fully saturated rings. The summed E-state index contributed by atoms with van der Waals surface area (Å²) in [5, 5.41) is 9.04. The van der Waals surface area contributed by atoms with E-state index in [1.54, 1.807) is 0 Å². The molecule has 1 aliphatic rings. The van der Waals surface area contributed by atoms with E-state index in [0.29, 0.717) is 0 Å². The zero-order chi connectivity index (χ0) is 6.69. The van der Waals surface area contributed by atoms with E-state index in [2.05, 4.69) is 0 Å². The van der Waals surface area contributed by atoms with E-state index in [9.17, 15) is 0 Å². The topological polar surface area (TPSA) is 29.5 Å². The van der Waals surface area contributed by atoms with Crippen LogP contribution in [0.2, 0.25) is 12.6 Å². The lowest BCUT2D eigenvalue weighted by Gasteiger charge is -2.12. The molecule has 1 rings (SSSR count). The molecule has 0 saturated carbocycles. The fourth-order valence-electron chi connectivity index (χ4n) is 1.15. The third kappa shape index (κ3) is 2.37. The molecule has 9 heavy (non-hydrogen) atoms. The minimum absolute atomic E-state index is 0.252. The van der Waals surface area contributed by atoms with Gasteiger partial charge < -0.3 is 9.84 Å². The Hall–Kier alpha value is -0.0151. The Balaban J connectivity index is 2.29. The average Bonchev–Trinajstić information content (AvgIpc) is 1.93. The molecule has 52 valence electrons. The van der Waals surface area contributed by atoms with Gasteiger partial charge in [-0.2, -0.15) is 0 Å². The maximum absolute atomic E-state index is 9.04. The van der Waals surface area contributed by atoms with Crippen molar-refractivity contribution in [3.05, 3.63) is 0 Å². The zero-order valence-corrected chi connectivity index (χ0v) is 5.84. The van der Waals surface area contributed by atoms with Crippen molar-refractivity contribution in [2.45, 2.75) is 38.4 Å². The number of hydrogen-bond donors (Lipinski definition) is 1. The molecule has 2 unspecified atom stereocenters. The highest BCUT2D eigenvalue weighted by molar-refractivity contribution is 6.35. The molecule has 1 heterocycles. The van der Waals surface area contributed by atoms with Crippen LogP contribution < -0.4 is 0 Å². The van der Waals surface area contributed by atoms with E-state index in [-0.39, 0.29) is 6.10 Å². The summed E-state index contributed by atoms with van der Waals surface area (Å²) in [6, 6.07) is 0. The molecule has 2 atom stereocenters. The Morgan fingerprint density at radius 1 is 1.67 bits per heavy atom. The van der Waals surface area contributed by atoms with Crippen molar-refractivity contribution in [1.82, 2.24) is 0 Å². The number of aliphatic hydroxyl groups excluding tert-OH is 1. The molecule has 0 bridgehead atoms. The monoisotopic (exact) mass is 128 g/mol. The van der Waals surface area contributed by atoms with E-state index in [1.807, 2.05) is 6.92 Å². The van der Waals surface area contributed by atoms with Gasteiger partial charge in [0.15, 0.2) is 0 Å². The lowest BCUT2D eigenvalue weighted by molar-refractivity contribution is -0.115. The van der Waals surface area contributed by atoms with Crippen molar-refractivity contribution in [3.8, 4) is 0 Å². The van der Waals surface area contributed by atoms with Gasteiger partial charge in [-0.3, -0.25) is 0 Å². The van der Waals surface area contributed by atoms with E-state index in [0.717, 1.165) is 20.0 Å². The second-order valence-electron chi connectivity index (χ2n) is 2.69. The third-order valence-corrected chi connectivity index (χ3v) is 1.70. The Morgan fingerprint density at radius 2 is 2.44 bits per heavy atom. The molecule has 0 aromatic carbocycles. The first kappa shape index (κ1) is 7.10. The molecule has 0 aromatic rings. The van der Waals surface area contributed by atoms with Gasteiger partial charge >= 0.3 is 0 Å². The van der Waals surface area contributed by atoms with Crippen molar-refractivity contribution >= 4 is 7.28 Å². The van der Waals surface area contributed by atoms with Crippen molar-refractivity contribution in [2.75, 3.05) is 0 Å². The lowest BCUT2D eigenvalue weighted by Crippen LogP contribution is -2.15. The highest BCUT2D eigenvalue weighted by Gasteiger charge is 2.14. The second-order valence-corrected chi connectivity index (χ2v) is 2.69. The summed E-state index contributed by atoms with van der Waals surface area (Å²) in [6.45, 7) is 2.01. The minimum atomic E-state index is -0.498. The van der Waals surface area contributed by atoms with Crippen LogP contribution >= 0.6 is 0 Å². The van der Waals surface area contributed by atoms with Crippen molar-refractivity contribution < 1.29 is 9.84 Å². The maximum atomic E-state index is 9.04. The molecule has 1 aliphatic heterocycles. The molecule has 0 radical (unpaired) electrons. The van der Waals surface area contributed by atoms with Crippen LogP contribution in [0, 0.1) is 0 Å². The van der Waals surface area contributed by atoms with Gasteiger partial charge in [0.2, 0.25) is 0 Å². The maximum Gasteiger partial charge on any atom is 0.148 e. The molecule has 0 aliphatic carbocycles. The Bertz CT molecular complexity index is 77.1. The minimum Gasteiger partial charge on any atom is -0.369 e. The number of aliphatic hydroxyl groups is 1. The molecular formula is C6H13BO2. The molecule has 3 heteroatoms. The van der Waals surface area contributed by atoms with Gasteiger partial charge in [0.25, 0.3) is 0 Å². The van der Waals surface area contributed by atoms with Crippen molar-refractivity contribution in [1.29, 1.82) is 0 Å². The summed E-state index contributed by atoms with van der Waals surface area (Å²) in [5.74, 6) is 0. The van der Waals surface area contributed by atoms with Gasteiger partial charge in [-0.15, -0.1) is 0 Å². The molecule has 0 aromatic heterocycles. The van der Waals surface area contributed by atoms with Crippen LogP contribution in [-0.2, 0) is 4.74 Å². The normalized spacial score (nSPS) is 37.1. The van der Waals surface area contributed by atoms with Crippen molar-refractivity contribution in [2.24, 2.45) is 0 Å².